The standard InChI is InChI=1S/C16H20N2O6/c1-4-5-10-7-18(16(22)17-14(10)20)13-6-11(19)12(24-13)8-23-15(21)9(2)3/h7,9,11-13,19H,6,8H2,1-3H3,(H,17,20,22)/t11-,12+,13+/m0/s1. The van der Waals surface area contributed by atoms with E-state index in [0.717, 1.165) is 0 Å². The van der Waals surface area contributed by atoms with E-state index in [1.54, 1.807) is 20.8 Å². The summed E-state index contributed by atoms with van der Waals surface area (Å²) < 4.78 is 11.8. The molecule has 1 aromatic heterocycles. The van der Waals surface area contributed by atoms with Crippen LogP contribution in [-0.2, 0) is 14.3 Å². The highest BCUT2D eigenvalue weighted by Gasteiger charge is 2.36. The largest absolute Gasteiger partial charge is 0.463 e. The zero-order valence-corrected chi connectivity index (χ0v) is 13.7. The third kappa shape index (κ3) is 3.93. The maximum absolute atomic E-state index is 12.0. The van der Waals surface area contributed by atoms with Gasteiger partial charge in [0.05, 0.1) is 12.0 Å². The summed E-state index contributed by atoms with van der Waals surface area (Å²) >= 11 is 0. The summed E-state index contributed by atoms with van der Waals surface area (Å²) in [6.45, 7) is 4.87. The molecule has 0 amide bonds. The minimum atomic E-state index is -0.894. The Morgan fingerprint density at radius 3 is 2.88 bits per heavy atom. The second-order valence-corrected chi connectivity index (χ2v) is 5.80. The molecule has 0 aromatic carbocycles. The van der Waals surface area contributed by atoms with Crippen molar-refractivity contribution in [2.75, 3.05) is 6.61 Å². The first kappa shape index (κ1) is 18.0. The molecule has 0 bridgehead atoms. The van der Waals surface area contributed by atoms with Gasteiger partial charge in [-0.05, 0) is 6.92 Å². The van der Waals surface area contributed by atoms with Gasteiger partial charge in [-0.25, -0.2) is 4.79 Å². The fourth-order valence-corrected chi connectivity index (χ4v) is 2.29. The molecule has 130 valence electrons. The van der Waals surface area contributed by atoms with E-state index in [-0.39, 0.29) is 24.5 Å². The number of hydrogen-bond acceptors (Lipinski definition) is 6. The van der Waals surface area contributed by atoms with Crippen molar-refractivity contribution in [3.05, 3.63) is 32.6 Å². The summed E-state index contributed by atoms with van der Waals surface area (Å²) in [6, 6.07) is 0. The lowest BCUT2D eigenvalue weighted by Gasteiger charge is -2.17. The lowest BCUT2D eigenvalue weighted by Crippen LogP contribution is -2.34. The summed E-state index contributed by atoms with van der Waals surface area (Å²) in [4.78, 5) is 37.3. The van der Waals surface area contributed by atoms with E-state index in [2.05, 4.69) is 16.8 Å². The predicted molar refractivity (Wildman–Crippen MR) is 84.2 cm³/mol. The van der Waals surface area contributed by atoms with Gasteiger partial charge in [-0.3, -0.25) is 19.1 Å². The van der Waals surface area contributed by atoms with Gasteiger partial charge < -0.3 is 14.6 Å². The van der Waals surface area contributed by atoms with Crippen LogP contribution < -0.4 is 11.2 Å². The van der Waals surface area contributed by atoms with Crippen LogP contribution in [0.4, 0.5) is 0 Å². The second-order valence-electron chi connectivity index (χ2n) is 5.80. The van der Waals surface area contributed by atoms with Crippen LogP contribution in [0, 0.1) is 17.8 Å². The minimum Gasteiger partial charge on any atom is -0.463 e. The van der Waals surface area contributed by atoms with Crippen molar-refractivity contribution in [3.8, 4) is 11.8 Å². The monoisotopic (exact) mass is 336 g/mol. The van der Waals surface area contributed by atoms with E-state index in [9.17, 15) is 19.5 Å². The van der Waals surface area contributed by atoms with E-state index < -0.39 is 35.7 Å². The van der Waals surface area contributed by atoms with Gasteiger partial charge in [-0.2, -0.15) is 0 Å². The van der Waals surface area contributed by atoms with Gasteiger partial charge in [-0.1, -0.05) is 19.8 Å². The van der Waals surface area contributed by atoms with Crippen molar-refractivity contribution < 1.29 is 19.4 Å². The number of esters is 1. The number of nitrogens with one attached hydrogen (secondary N) is 1. The van der Waals surface area contributed by atoms with Gasteiger partial charge in [0.2, 0.25) is 0 Å². The van der Waals surface area contributed by atoms with Gasteiger partial charge in [0.15, 0.2) is 0 Å². The van der Waals surface area contributed by atoms with Crippen LogP contribution in [0.5, 0.6) is 0 Å². The van der Waals surface area contributed by atoms with Crippen molar-refractivity contribution in [1.29, 1.82) is 0 Å². The number of aliphatic hydroxyl groups is 1. The molecule has 0 aliphatic carbocycles. The number of ether oxygens (including phenoxy) is 2. The maximum atomic E-state index is 12.0. The zero-order valence-electron chi connectivity index (χ0n) is 13.7. The number of aromatic amines is 1. The lowest BCUT2D eigenvalue weighted by molar-refractivity contribution is -0.153. The van der Waals surface area contributed by atoms with E-state index in [0.29, 0.717) is 0 Å². The maximum Gasteiger partial charge on any atom is 0.330 e. The molecule has 24 heavy (non-hydrogen) atoms. The first-order valence-electron chi connectivity index (χ1n) is 7.61. The predicted octanol–water partition coefficient (Wildman–Crippen LogP) is -0.244. The number of aromatic nitrogens is 2. The van der Waals surface area contributed by atoms with Crippen LogP contribution in [0.15, 0.2) is 15.8 Å². The summed E-state index contributed by atoms with van der Waals surface area (Å²) in [5.41, 5.74) is -1.10. The molecule has 0 unspecified atom stereocenters. The van der Waals surface area contributed by atoms with Crippen LogP contribution in [0.2, 0.25) is 0 Å². The van der Waals surface area contributed by atoms with Crippen LogP contribution in [0.25, 0.3) is 0 Å². The Bertz CT molecular complexity index is 782. The van der Waals surface area contributed by atoms with Gasteiger partial charge in [0.25, 0.3) is 5.56 Å². The Morgan fingerprint density at radius 1 is 1.54 bits per heavy atom. The van der Waals surface area contributed by atoms with Crippen molar-refractivity contribution in [3.63, 3.8) is 0 Å². The molecule has 3 atom stereocenters. The first-order chi connectivity index (χ1) is 11.3. The second kappa shape index (κ2) is 7.47. The molecule has 0 spiro atoms. The number of H-pyrrole nitrogens is 1. The highest BCUT2D eigenvalue weighted by molar-refractivity contribution is 5.71. The van der Waals surface area contributed by atoms with Crippen molar-refractivity contribution in [2.45, 2.75) is 45.6 Å². The smallest absolute Gasteiger partial charge is 0.330 e. The highest BCUT2D eigenvalue weighted by Crippen LogP contribution is 2.27. The fraction of sp³-hybridized carbons (Fsp3) is 0.562. The molecule has 0 radical (unpaired) electrons. The Hall–Kier alpha value is -2.37. The van der Waals surface area contributed by atoms with Gasteiger partial charge in [0.1, 0.15) is 24.5 Å². The molecule has 1 saturated heterocycles. The number of carbonyl (C=O) groups excluding carboxylic acids is 1. The molecule has 1 aliphatic rings. The SMILES string of the molecule is CC#Cc1cn([C@H]2C[C@H](O)[C@@H](COC(=O)C(C)C)O2)c(=O)[nH]c1=O. The normalized spacial score (nSPS) is 23.0. The van der Waals surface area contributed by atoms with Crippen molar-refractivity contribution in [2.24, 2.45) is 5.92 Å². The number of aliphatic hydroxyl groups excluding tert-OH is 1. The number of hydrogen-bond donors (Lipinski definition) is 2. The molecule has 2 N–H and O–H groups in total. The zero-order chi connectivity index (χ0) is 17.9. The number of rotatable bonds is 4. The van der Waals surface area contributed by atoms with E-state index in [1.165, 1.54) is 10.8 Å². The third-order valence-corrected chi connectivity index (χ3v) is 3.60. The molecular formula is C16H20N2O6. The van der Waals surface area contributed by atoms with E-state index in [1.807, 2.05) is 0 Å². The molecule has 2 heterocycles. The minimum absolute atomic E-state index is 0.103. The van der Waals surface area contributed by atoms with Crippen molar-refractivity contribution >= 4 is 5.97 Å². The van der Waals surface area contributed by atoms with E-state index >= 15 is 0 Å². The molecule has 1 aromatic rings. The summed E-state index contributed by atoms with van der Waals surface area (Å²) in [7, 11) is 0. The molecule has 1 aliphatic heterocycles. The van der Waals surface area contributed by atoms with Crippen LogP contribution in [0.3, 0.4) is 0 Å². The van der Waals surface area contributed by atoms with E-state index in [4.69, 9.17) is 9.47 Å². The first-order valence-corrected chi connectivity index (χ1v) is 7.61. The van der Waals surface area contributed by atoms with Gasteiger partial charge >= 0.3 is 11.7 Å². The molecule has 0 saturated carbocycles. The summed E-state index contributed by atoms with van der Waals surface area (Å²) in [6.07, 6.45) is -0.969. The fourth-order valence-electron chi connectivity index (χ4n) is 2.29. The Balaban J connectivity index is 2.15. The Labute approximate surface area is 138 Å². The molecular weight excluding hydrogens is 316 g/mol. The van der Waals surface area contributed by atoms with Gasteiger partial charge in [-0.15, -0.1) is 5.92 Å². The Kier molecular flexibility index (Phi) is 5.59. The molecule has 8 nitrogen and oxygen atoms in total. The average molecular weight is 336 g/mol. The Morgan fingerprint density at radius 2 is 2.25 bits per heavy atom. The lowest BCUT2D eigenvalue weighted by atomic mass is 10.2. The van der Waals surface area contributed by atoms with Crippen molar-refractivity contribution in [1.82, 2.24) is 9.55 Å². The number of carbonyl (C=O) groups is 1. The van der Waals surface area contributed by atoms with Crippen LogP contribution in [-0.4, -0.2) is 39.4 Å². The van der Waals surface area contributed by atoms with Gasteiger partial charge in [0, 0.05) is 12.6 Å². The average Bonchev–Trinajstić information content (AvgIpc) is 2.88. The summed E-state index contributed by atoms with van der Waals surface area (Å²) in [5, 5.41) is 10.1. The molecule has 1 fully saturated rings. The summed E-state index contributed by atoms with van der Waals surface area (Å²) in [5.74, 6) is 4.52. The van der Waals surface area contributed by atoms with Crippen LogP contribution in [0.1, 0.15) is 39.0 Å². The number of nitrogens with zero attached hydrogens (tertiary/aromatic N) is 1. The van der Waals surface area contributed by atoms with Crippen LogP contribution >= 0.6 is 0 Å². The molecule has 2 rings (SSSR count). The topological polar surface area (TPSA) is 111 Å². The highest BCUT2D eigenvalue weighted by atomic mass is 16.6. The molecule has 8 heteroatoms. The third-order valence-electron chi connectivity index (χ3n) is 3.60. The quantitative estimate of drug-likeness (QED) is 0.580.